The first-order chi connectivity index (χ1) is 6.50. The Hall–Kier alpha value is -1.12. The van der Waals surface area contributed by atoms with E-state index in [0.29, 0.717) is 5.30 Å². The Labute approximate surface area is 83.9 Å². The minimum absolute atomic E-state index is 0.169. The molecule has 0 saturated carbocycles. The molecule has 4 nitrogen and oxygen atoms in total. The van der Waals surface area contributed by atoms with Crippen molar-refractivity contribution in [1.29, 1.82) is 0 Å². The molecule has 76 valence electrons. The molecule has 0 amide bonds. The molecule has 1 aromatic rings. The van der Waals surface area contributed by atoms with Gasteiger partial charge in [-0.2, -0.15) is 0 Å². The van der Waals surface area contributed by atoms with Crippen molar-refractivity contribution in [3.8, 4) is 5.75 Å². The predicted octanol–water partition coefficient (Wildman–Crippen LogP) is -0.153. The number of phenols is 1. The number of carboxylic acid groups (broad SMARTS) is 1. The minimum atomic E-state index is -1.02. The maximum Gasteiger partial charge on any atom is 0.320 e. The molecule has 1 rings (SSSR count). The van der Waals surface area contributed by atoms with Crippen LogP contribution in [0.5, 0.6) is 5.75 Å². The monoisotopic (exact) mass is 213 g/mol. The van der Waals surface area contributed by atoms with Crippen molar-refractivity contribution in [3.05, 3.63) is 23.8 Å². The van der Waals surface area contributed by atoms with E-state index in [4.69, 9.17) is 10.8 Å². The summed E-state index contributed by atoms with van der Waals surface area (Å²) in [7, 11) is 2.37. The maximum atomic E-state index is 10.5. The Balaban J connectivity index is 2.78. The van der Waals surface area contributed by atoms with Gasteiger partial charge in [0.2, 0.25) is 0 Å². The van der Waals surface area contributed by atoms with Crippen molar-refractivity contribution >= 4 is 20.5 Å². The minimum Gasteiger partial charge on any atom is -0.507 e. The van der Waals surface area contributed by atoms with E-state index in [2.05, 4.69) is 9.24 Å². The molecule has 0 heterocycles. The lowest BCUT2D eigenvalue weighted by Crippen LogP contribution is -2.32. The van der Waals surface area contributed by atoms with Crippen LogP contribution in [0.2, 0.25) is 0 Å². The van der Waals surface area contributed by atoms with Gasteiger partial charge in [0.1, 0.15) is 11.8 Å². The summed E-state index contributed by atoms with van der Waals surface area (Å²) in [5, 5.41) is 18.4. The molecule has 0 bridgehead atoms. The number of aliphatic carboxylic acids is 1. The number of benzene rings is 1. The Morgan fingerprint density at radius 1 is 1.57 bits per heavy atom. The average molecular weight is 213 g/mol. The van der Waals surface area contributed by atoms with Crippen molar-refractivity contribution in [2.24, 2.45) is 5.73 Å². The van der Waals surface area contributed by atoms with Crippen LogP contribution in [0.3, 0.4) is 0 Å². The summed E-state index contributed by atoms with van der Waals surface area (Å²) in [5.74, 6) is -0.856. The molecule has 0 aliphatic carbocycles. The average Bonchev–Trinajstić information content (AvgIpc) is 2.11. The number of phenolic OH excluding ortho intramolecular Hbond substituents is 1. The van der Waals surface area contributed by atoms with E-state index in [1.54, 1.807) is 12.1 Å². The molecular formula is C9H12NO3P. The van der Waals surface area contributed by atoms with Crippen LogP contribution in [0.1, 0.15) is 5.56 Å². The van der Waals surface area contributed by atoms with Crippen LogP contribution in [0.4, 0.5) is 0 Å². The second-order valence-corrected chi connectivity index (χ2v) is 3.66. The fourth-order valence-electron chi connectivity index (χ4n) is 1.07. The third-order valence-corrected chi connectivity index (χ3v) is 2.33. The zero-order chi connectivity index (χ0) is 10.7. The topological polar surface area (TPSA) is 83.5 Å². The van der Waals surface area contributed by atoms with E-state index >= 15 is 0 Å². The molecule has 0 saturated heterocycles. The fraction of sp³-hybridized carbons (Fsp3) is 0.222. The van der Waals surface area contributed by atoms with Crippen LogP contribution in [-0.2, 0) is 11.2 Å². The van der Waals surface area contributed by atoms with Crippen molar-refractivity contribution in [2.75, 3.05) is 0 Å². The van der Waals surface area contributed by atoms with Gasteiger partial charge in [-0.1, -0.05) is 6.07 Å². The molecule has 0 radical (unpaired) electrons. The SMILES string of the molecule is N[C@@H](Cc1ccc(O)c(P)c1)C(=O)O. The van der Waals surface area contributed by atoms with E-state index in [-0.39, 0.29) is 12.2 Å². The van der Waals surface area contributed by atoms with E-state index in [9.17, 15) is 9.90 Å². The summed E-state index contributed by atoms with van der Waals surface area (Å²) in [5.41, 5.74) is 6.16. The second-order valence-electron chi connectivity index (χ2n) is 3.04. The molecule has 0 aliphatic heterocycles. The van der Waals surface area contributed by atoms with Crippen LogP contribution in [0, 0.1) is 0 Å². The molecule has 0 aromatic heterocycles. The lowest BCUT2D eigenvalue weighted by Gasteiger charge is -2.07. The number of aromatic hydroxyl groups is 1. The molecule has 2 atom stereocenters. The third-order valence-electron chi connectivity index (χ3n) is 1.86. The summed E-state index contributed by atoms with van der Waals surface area (Å²) in [6.07, 6.45) is 0.261. The van der Waals surface area contributed by atoms with Gasteiger partial charge in [-0.25, -0.2) is 0 Å². The molecule has 0 fully saturated rings. The molecule has 0 aliphatic rings. The number of hydrogen-bond donors (Lipinski definition) is 3. The first-order valence-corrected chi connectivity index (χ1v) is 4.64. The third kappa shape index (κ3) is 2.69. The standard InChI is InChI=1S/C9H12NO3P/c10-6(9(12)13)3-5-1-2-7(11)8(14)4-5/h1-2,4,6,11H,3,10,14H2,(H,12,13)/t6-/m0/s1. The Morgan fingerprint density at radius 3 is 2.71 bits per heavy atom. The first kappa shape index (κ1) is 11.0. The maximum absolute atomic E-state index is 10.5. The summed E-state index contributed by atoms with van der Waals surface area (Å²) in [6.45, 7) is 0. The Bertz CT molecular complexity index is 354. The summed E-state index contributed by atoms with van der Waals surface area (Å²) < 4.78 is 0. The first-order valence-electron chi connectivity index (χ1n) is 4.06. The van der Waals surface area contributed by atoms with Crippen LogP contribution >= 0.6 is 9.24 Å². The van der Waals surface area contributed by atoms with Crippen LogP contribution in [0.15, 0.2) is 18.2 Å². The van der Waals surface area contributed by atoms with Crippen LogP contribution < -0.4 is 11.0 Å². The highest BCUT2D eigenvalue weighted by Gasteiger charge is 2.12. The van der Waals surface area contributed by atoms with E-state index in [0.717, 1.165) is 5.56 Å². The zero-order valence-electron chi connectivity index (χ0n) is 7.47. The predicted molar refractivity (Wildman–Crippen MR) is 56.8 cm³/mol. The second kappa shape index (κ2) is 4.40. The normalized spacial score (nSPS) is 12.4. The molecule has 14 heavy (non-hydrogen) atoms. The van der Waals surface area contributed by atoms with Gasteiger partial charge < -0.3 is 15.9 Å². The van der Waals surface area contributed by atoms with Crippen molar-refractivity contribution < 1.29 is 15.0 Å². The van der Waals surface area contributed by atoms with Crippen molar-refractivity contribution in [3.63, 3.8) is 0 Å². The quantitative estimate of drug-likeness (QED) is 0.609. The molecular weight excluding hydrogens is 201 g/mol. The summed E-state index contributed by atoms with van der Waals surface area (Å²) in [4.78, 5) is 10.5. The highest BCUT2D eigenvalue weighted by Crippen LogP contribution is 2.11. The van der Waals surface area contributed by atoms with Gasteiger partial charge in [0.05, 0.1) is 0 Å². The summed E-state index contributed by atoms with van der Waals surface area (Å²) in [6, 6.07) is 3.98. The van der Waals surface area contributed by atoms with Crippen LogP contribution in [0.25, 0.3) is 0 Å². The van der Waals surface area contributed by atoms with Crippen molar-refractivity contribution in [2.45, 2.75) is 12.5 Å². The smallest absolute Gasteiger partial charge is 0.320 e. The largest absolute Gasteiger partial charge is 0.507 e. The van der Waals surface area contributed by atoms with Gasteiger partial charge >= 0.3 is 5.97 Å². The number of rotatable bonds is 3. The number of carboxylic acids is 1. The molecule has 1 unspecified atom stereocenters. The number of carbonyl (C=O) groups is 1. The number of hydrogen-bond acceptors (Lipinski definition) is 3. The van der Waals surface area contributed by atoms with Gasteiger partial charge in [0.15, 0.2) is 0 Å². The molecule has 1 aromatic carbocycles. The summed E-state index contributed by atoms with van der Waals surface area (Å²) >= 11 is 0. The van der Waals surface area contributed by atoms with Crippen molar-refractivity contribution in [1.82, 2.24) is 0 Å². The van der Waals surface area contributed by atoms with Crippen LogP contribution in [-0.4, -0.2) is 22.2 Å². The van der Waals surface area contributed by atoms with E-state index in [1.807, 2.05) is 0 Å². The molecule has 0 spiro atoms. The fourth-order valence-corrected chi connectivity index (χ4v) is 1.38. The molecule has 4 N–H and O–H groups in total. The zero-order valence-corrected chi connectivity index (χ0v) is 8.63. The van der Waals surface area contributed by atoms with Gasteiger partial charge in [0, 0.05) is 5.30 Å². The number of nitrogens with two attached hydrogens (primary N) is 1. The Kier molecular flexibility index (Phi) is 3.44. The lowest BCUT2D eigenvalue weighted by molar-refractivity contribution is -0.138. The highest BCUT2D eigenvalue weighted by atomic mass is 31.0. The molecule has 5 heteroatoms. The Morgan fingerprint density at radius 2 is 2.21 bits per heavy atom. The highest BCUT2D eigenvalue weighted by molar-refractivity contribution is 7.27. The van der Waals surface area contributed by atoms with E-state index in [1.165, 1.54) is 6.07 Å². The van der Waals surface area contributed by atoms with Gasteiger partial charge in [-0.15, -0.1) is 9.24 Å². The van der Waals surface area contributed by atoms with Gasteiger partial charge in [-0.3, -0.25) is 4.79 Å². The van der Waals surface area contributed by atoms with Gasteiger partial charge in [-0.05, 0) is 24.1 Å². The van der Waals surface area contributed by atoms with E-state index < -0.39 is 12.0 Å². The lowest BCUT2D eigenvalue weighted by atomic mass is 10.1. The van der Waals surface area contributed by atoms with Gasteiger partial charge in [0.25, 0.3) is 0 Å².